The van der Waals surface area contributed by atoms with Crippen LogP contribution in [0.5, 0.6) is 0 Å². The zero-order valence-electron chi connectivity index (χ0n) is 9.66. The first-order valence-electron chi connectivity index (χ1n) is 5.22. The number of fused-ring (bicyclic) bond motifs is 1. The molecule has 84 valence electrons. The Morgan fingerprint density at radius 1 is 1.38 bits per heavy atom. The number of nitrogens with one attached hydrogen (secondary N) is 2. The zero-order chi connectivity index (χ0) is 11.8. The molecule has 1 heterocycles. The summed E-state index contributed by atoms with van der Waals surface area (Å²) in [6.07, 6.45) is 1.74. The smallest absolute Gasteiger partial charge is 0.229 e. The number of benzene rings is 1. The van der Waals surface area contributed by atoms with E-state index in [1.165, 1.54) is 0 Å². The quantitative estimate of drug-likeness (QED) is 0.771. The lowest BCUT2D eigenvalue weighted by atomic mass is 9.95. The number of amides is 1. The van der Waals surface area contributed by atoms with Gasteiger partial charge >= 0.3 is 0 Å². The summed E-state index contributed by atoms with van der Waals surface area (Å²) in [6, 6.07) is 5.71. The third-order valence-electron chi connectivity index (χ3n) is 2.41. The average molecular weight is 217 g/mol. The number of hydrogen-bond acceptors (Lipinski definition) is 2. The second-order valence-electron chi connectivity index (χ2n) is 4.84. The normalized spacial score (nSPS) is 11.7. The standard InChI is InChI=1S/C12H15N3O/c1-12(2,3)11(16)14-9-6-4-5-8-7-13-15-10(8)9/h4-7H,1-3H3,(H,13,15)(H,14,16). The molecule has 0 aliphatic heterocycles. The molecule has 4 heteroatoms. The topological polar surface area (TPSA) is 57.8 Å². The first-order valence-corrected chi connectivity index (χ1v) is 5.22. The van der Waals surface area contributed by atoms with Gasteiger partial charge in [-0.25, -0.2) is 0 Å². The van der Waals surface area contributed by atoms with Crippen LogP contribution in [0, 0.1) is 5.41 Å². The van der Waals surface area contributed by atoms with Gasteiger partial charge in [-0.15, -0.1) is 0 Å². The van der Waals surface area contributed by atoms with Gasteiger partial charge in [0, 0.05) is 10.8 Å². The molecular formula is C12H15N3O. The van der Waals surface area contributed by atoms with Crippen molar-refractivity contribution in [2.75, 3.05) is 5.32 Å². The van der Waals surface area contributed by atoms with Crippen LogP contribution >= 0.6 is 0 Å². The van der Waals surface area contributed by atoms with Crippen molar-refractivity contribution in [2.45, 2.75) is 20.8 Å². The Morgan fingerprint density at radius 3 is 2.81 bits per heavy atom. The summed E-state index contributed by atoms with van der Waals surface area (Å²) in [4.78, 5) is 11.9. The molecule has 2 N–H and O–H groups in total. The number of H-pyrrole nitrogens is 1. The molecule has 0 fully saturated rings. The van der Waals surface area contributed by atoms with Gasteiger partial charge in [0.05, 0.1) is 17.4 Å². The Bertz CT molecular complexity index is 522. The Labute approximate surface area is 94.0 Å². The highest BCUT2D eigenvalue weighted by Crippen LogP contribution is 2.23. The van der Waals surface area contributed by atoms with Crippen molar-refractivity contribution in [3.63, 3.8) is 0 Å². The minimum atomic E-state index is -0.401. The lowest BCUT2D eigenvalue weighted by Crippen LogP contribution is -2.27. The van der Waals surface area contributed by atoms with E-state index in [0.29, 0.717) is 0 Å². The van der Waals surface area contributed by atoms with Crippen molar-refractivity contribution >= 4 is 22.5 Å². The van der Waals surface area contributed by atoms with E-state index in [-0.39, 0.29) is 5.91 Å². The molecule has 0 atom stereocenters. The summed E-state index contributed by atoms with van der Waals surface area (Å²) in [5.74, 6) is -0.00500. The molecule has 2 aromatic rings. The molecule has 0 radical (unpaired) electrons. The lowest BCUT2D eigenvalue weighted by molar-refractivity contribution is -0.123. The number of carbonyl (C=O) groups excluding carboxylic acids is 1. The second kappa shape index (κ2) is 3.63. The zero-order valence-corrected chi connectivity index (χ0v) is 9.66. The molecule has 1 aromatic carbocycles. The third-order valence-corrected chi connectivity index (χ3v) is 2.41. The van der Waals surface area contributed by atoms with Gasteiger partial charge in [0.15, 0.2) is 0 Å². The molecule has 4 nitrogen and oxygen atoms in total. The van der Waals surface area contributed by atoms with Crippen LogP contribution in [0.25, 0.3) is 10.9 Å². The number of carbonyl (C=O) groups is 1. The predicted molar refractivity (Wildman–Crippen MR) is 64.2 cm³/mol. The van der Waals surface area contributed by atoms with E-state index < -0.39 is 5.41 Å². The Balaban J connectivity index is 2.35. The first-order chi connectivity index (χ1) is 7.48. The van der Waals surface area contributed by atoms with Crippen LogP contribution in [0.1, 0.15) is 20.8 Å². The van der Waals surface area contributed by atoms with Gasteiger partial charge < -0.3 is 5.32 Å². The van der Waals surface area contributed by atoms with Crippen molar-refractivity contribution in [3.8, 4) is 0 Å². The van der Waals surface area contributed by atoms with E-state index in [4.69, 9.17) is 0 Å². The fraction of sp³-hybridized carbons (Fsp3) is 0.333. The molecular weight excluding hydrogens is 202 g/mol. The second-order valence-corrected chi connectivity index (χ2v) is 4.84. The van der Waals surface area contributed by atoms with E-state index in [0.717, 1.165) is 16.6 Å². The third kappa shape index (κ3) is 1.91. The van der Waals surface area contributed by atoms with Gasteiger partial charge in [0.25, 0.3) is 0 Å². The van der Waals surface area contributed by atoms with Gasteiger partial charge in [-0.1, -0.05) is 32.9 Å². The van der Waals surface area contributed by atoms with Crippen LogP contribution in [-0.2, 0) is 4.79 Å². The van der Waals surface area contributed by atoms with E-state index in [9.17, 15) is 4.79 Å². The Hall–Kier alpha value is -1.84. The molecule has 2 rings (SSSR count). The van der Waals surface area contributed by atoms with Crippen molar-refractivity contribution in [1.29, 1.82) is 0 Å². The van der Waals surface area contributed by atoms with Gasteiger partial charge in [-0.3, -0.25) is 9.89 Å². The SMILES string of the molecule is CC(C)(C)C(=O)Nc1cccc2cn[nH]c12. The van der Waals surface area contributed by atoms with Gasteiger partial charge in [0.1, 0.15) is 0 Å². The largest absolute Gasteiger partial charge is 0.324 e. The van der Waals surface area contributed by atoms with Gasteiger partial charge in [-0.05, 0) is 6.07 Å². The highest BCUT2D eigenvalue weighted by molar-refractivity contribution is 6.01. The average Bonchev–Trinajstić information content (AvgIpc) is 2.65. The minimum Gasteiger partial charge on any atom is -0.324 e. The van der Waals surface area contributed by atoms with E-state index in [2.05, 4.69) is 15.5 Å². The molecule has 16 heavy (non-hydrogen) atoms. The number of aromatic amines is 1. The van der Waals surface area contributed by atoms with Gasteiger partial charge in [0.2, 0.25) is 5.91 Å². The summed E-state index contributed by atoms with van der Waals surface area (Å²) < 4.78 is 0. The van der Waals surface area contributed by atoms with Crippen LogP contribution in [0.15, 0.2) is 24.4 Å². The highest BCUT2D eigenvalue weighted by atomic mass is 16.2. The Morgan fingerprint density at radius 2 is 2.12 bits per heavy atom. The van der Waals surface area contributed by atoms with E-state index in [1.807, 2.05) is 39.0 Å². The maximum atomic E-state index is 11.9. The summed E-state index contributed by atoms with van der Waals surface area (Å²) >= 11 is 0. The Kier molecular flexibility index (Phi) is 2.42. The molecule has 0 saturated heterocycles. The summed E-state index contributed by atoms with van der Waals surface area (Å²) in [7, 11) is 0. The highest BCUT2D eigenvalue weighted by Gasteiger charge is 2.21. The van der Waals surface area contributed by atoms with Crippen LogP contribution in [0.2, 0.25) is 0 Å². The van der Waals surface area contributed by atoms with Crippen LogP contribution in [0.3, 0.4) is 0 Å². The predicted octanol–water partition coefficient (Wildman–Crippen LogP) is 2.55. The maximum absolute atomic E-state index is 11.9. The molecule has 1 amide bonds. The maximum Gasteiger partial charge on any atom is 0.229 e. The van der Waals surface area contributed by atoms with Crippen molar-refractivity contribution in [3.05, 3.63) is 24.4 Å². The lowest BCUT2D eigenvalue weighted by Gasteiger charge is -2.17. The minimum absolute atomic E-state index is 0.00500. The number of anilines is 1. The molecule has 1 aromatic heterocycles. The number of nitrogens with zero attached hydrogens (tertiary/aromatic N) is 1. The van der Waals surface area contributed by atoms with E-state index >= 15 is 0 Å². The molecule has 0 saturated carbocycles. The summed E-state index contributed by atoms with van der Waals surface area (Å²) in [6.45, 7) is 5.65. The van der Waals surface area contributed by atoms with Crippen LogP contribution < -0.4 is 5.32 Å². The fourth-order valence-corrected chi connectivity index (χ4v) is 1.38. The summed E-state index contributed by atoms with van der Waals surface area (Å²) in [5.41, 5.74) is 1.23. The van der Waals surface area contributed by atoms with Crippen molar-refractivity contribution in [1.82, 2.24) is 10.2 Å². The monoisotopic (exact) mass is 217 g/mol. The number of aromatic nitrogens is 2. The molecule has 0 aliphatic rings. The van der Waals surface area contributed by atoms with Crippen molar-refractivity contribution in [2.24, 2.45) is 5.41 Å². The van der Waals surface area contributed by atoms with Crippen LogP contribution in [-0.4, -0.2) is 16.1 Å². The number of rotatable bonds is 1. The summed E-state index contributed by atoms with van der Waals surface area (Å²) in [5, 5.41) is 10.7. The van der Waals surface area contributed by atoms with Crippen LogP contribution in [0.4, 0.5) is 5.69 Å². The van der Waals surface area contributed by atoms with E-state index in [1.54, 1.807) is 6.20 Å². The molecule has 0 aliphatic carbocycles. The molecule has 0 unspecified atom stereocenters. The fourth-order valence-electron chi connectivity index (χ4n) is 1.38. The molecule has 0 spiro atoms. The van der Waals surface area contributed by atoms with Gasteiger partial charge in [-0.2, -0.15) is 5.10 Å². The molecule has 0 bridgehead atoms. The number of para-hydroxylation sites is 1. The first kappa shape index (κ1) is 10.7. The van der Waals surface area contributed by atoms with Crippen molar-refractivity contribution < 1.29 is 4.79 Å². The number of hydrogen-bond donors (Lipinski definition) is 2.